The van der Waals surface area contributed by atoms with Gasteiger partial charge in [0.2, 0.25) is 0 Å². The van der Waals surface area contributed by atoms with Crippen LogP contribution in [-0.4, -0.2) is 11.0 Å². The van der Waals surface area contributed by atoms with E-state index in [9.17, 15) is 0 Å². The van der Waals surface area contributed by atoms with Gasteiger partial charge in [-0.1, -0.05) is 13.8 Å². The molecule has 1 aliphatic rings. The smallest absolute Gasteiger partial charge is 0.0393 e. The van der Waals surface area contributed by atoms with Gasteiger partial charge in [0.1, 0.15) is 0 Å². The third-order valence-electron chi connectivity index (χ3n) is 3.26. The minimum absolute atomic E-state index is 0.456. The minimum Gasteiger partial charge on any atom is -0.382 e. The fourth-order valence-corrected chi connectivity index (χ4v) is 1.97. The zero-order valence-electron chi connectivity index (χ0n) is 9.17. The Labute approximate surface area is 85.7 Å². The van der Waals surface area contributed by atoms with Gasteiger partial charge in [-0.05, 0) is 37.3 Å². The van der Waals surface area contributed by atoms with E-state index < -0.39 is 0 Å². The van der Waals surface area contributed by atoms with Gasteiger partial charge in [0.05, 0.1) is 0 Å². The largest absolute Gasteiger partial charge is 0.382 e. The van der Waals surface area contributed by atoms with E-state index in [4.69, 9.17) is 0 Å². The average Bonchev–Trinajstić information content (AvgIpc) is 2.13. The number of aromatic nitrogens is 1. The van der Waals surface area contributed by atoms with Gasteiger partial charge in [0.25, 0.3) is 0 Å². The fourth-order valence-electron chi connectivity index (χ4n) is 1.97. The van der Waals surface area contributed by atoms with Crippen molar-refractivity contribution in [3.8, 4) is 0 Å². The summed E-state index contributed by atoms with van der Waals surface area (Å²) in [5.41, 5.74) is 2.74. The monoisotopic (exact) mass is 190 g/mol. The molecule has 76 valence electrons. The summed E-state index contributed by atoms with van der Waals surface area (Å²) in [5, 5.41) is 3.57. The van der Waals surface area contributed by atoms with Crippen LogP contribution in [-0.2, 0) is 0 Å². The number of anilines is 1. The summed E-state index contributed by atoms with van der Waals surface area (Å²) in [5.74, 6) is 0. The molecule has 1 atom stereocenters. The van der Waals surface area contributed by atoms with Gasteiger partial charge >= 0.3 is 0 Å². The standard InChI is InChI=1S/C12H18N2/c1-9-8-10(5-7-13-9)14-11-4-6-12(11,2)3/h5,7-8,11H,4,6H2,1-3H3,(H,13,14). The van der Waals surface area contributed by atoms with Crippen molar-refractivity contribution < 1.29 is 0 Å². The topological polar surface area (TPSA) is 24.9 Å². The molecule has 2 rings (SSSR count). The lowest BCUT2D eigenvalue weighted by molar-refractivity contribution is 0.160. The number of hydrogen-bond acceptors (Lipinski definition) is 2. The molecular formula is C12H18N2. The predicted molar refractivity (Wildman–Crippen MR) is 59.4 cm³/mol. The second-order valence-electron chi connectivity index (χ2n) is 4.91. The van der Waals surface area contributed by atoms with E-state index in [2.05, 4.69) is 30.2 Å². The molecule has 1 aliphatic carbocycles. The molecule has 0 amide bonds. The lowest BCUT2D eigenvalue weighted by Crippen LogP contribution is -2.45. The van der Waals surface area contributed by atoms with Crippen LogP contribution in [0.2, 0.25) is 0 Å². The fraction of sp³-hybridized carbons (Fsp3) is 0.583. The normalized spacial score (nSPS) is 24.1. The van der Waals surface area contributed by atoms with Gasteiger partial charge in [-0.3, -0.25) is 4.98 Å². The Balaban J connectivity index is 2.05. The highest BCUT2D eigenvalue weighted by Gasteiger charge is 2.38. The van der Waals surface area contributed by atoms with E-state index in [-0.39, 0.29) is 0 Å². The summed E-state index contributed by atoms with van der Waals surface area (Å²) in [6.07, 6.45) is 4.48. The van der Waals surface area contributed by atoms with Crippen molar-refractivity contribution in [1.29, 1.82) is 0 Å². The summed E-state index contributed by atoms with van der Waals surface area (Å²) in [4.78, 5) is 4.19. The molecule has 1 N–H and O–H groups in total. The summed E-state index contributed by atoms with van der Waals surface area (Å²) in [7, 11) is 0. The van der Waals surface area contributed by atoms with Crippen molar-refractivity contribution >= 4 is 5.69 Å². The molecule has 2 heteroatoms. The maximum absolute atomic E-state index is 4.19. The zero-order valence-corrected chi connectivity index (χ0v) is 9.17. The molecule has 1 fully saturated rings. The Bertz CT molecular complexity index is 331. The minimum atomic E-state index is 0.456. The lowest BCUT2D eigenvalue weighted by Gasteiger charge is -2.45. The van der Waals surface area contributed by atoms with Gasteiger partial charge in [-0.15, -0.1) is 0 Å². The molecule has 1 saturated carbocycles. The van der Waals surface area contributed by atoms with Crippen molar-refractivity contribution in [3.63, 3.8) is 0 Å². The number of aryl methyl sites for hydroxylation is 1. The van der Waals surface area contributed by atoms with Gasteiger partial charge in [0.15, 0.2) is 0 Å². The molecule has 2 nitrogen and oxygen atoms in total. The second-order valence-corrected chi connectivity index (χ2v) is 4.91. The highest BCUT2D eigenvalue weighted by Crippen LogP contribution is 2.41. The summed E-state index contributed by atoms with van der Waals surface area (Å²) in [6.45, 7) is 6.67. The first-order valence-corrected chi connectivity index (χ1v) is 5.27. The Hall–Kier alpha value is -1.05. The first-order valence-electron chi connectivity index (χ1n) is 5.27. The number of pyridine rings is 1. The van der Waals surface area contributed by atoms with Crippen LogP contribution in [0.3, 0.4) is 0 Å². The maximum atomic E-state index is 4.19. The molecule has 14 heavy (non-hydrogen) atoms. The van der Waals surface area contributed by atoms with Gasteiger partial charge in [-0.2, -0.15) is 0 Å². The number of hydrogen-bond donors (Lipinski definition) is 1. The van der Waals surface area contributed by atoms with Gasteiger partial charge in [-0.25, -0.2) is 0 Å². The molecule has 1 heterocycles. The molecule has 1 aromatic rings. The quantitative estimate of drug-likeness (QED) is 0.775. The van der Waals surface area contributed by atoms with Crippen LogP contribution in [0.25, 0.3) is 0 Å². The van der Waals surface area contributed by atoms with Crippen molar-refractivity contribution in [2.75, 3.05) is 5.32 Å². The molecule has 0 radical (unpaired) electrons. The van der Waals surface area contributed by atoms with Crippen LogP contribution >= 0.6 is 0 Å². The van der Waals surface area contributed by atoms with Crippen molar-refractivity contribution in [2.24, 2.45) is 5.41 Å². The van der Waals surface area contributed by atoms with E-state index in [1.54, 1.807) is 0 Å². The van der Waals surface area contributed by atoms with Crippen LogP contribution in [0, 0.1) is 12.3 Å². The van der Waals surface area contributed by atoms with Crippen molar-refractivity contribution in [2.45, 2.75) is 39.7 Å². The highest BCUT2D eigenvalue weighted by atomic mass is 15.0. The Morgan fingerprint density at radius 1 is 1.50 bits per heavy atom. The van der Waals surface area contributed by atoms with E-state index >= 15 is 0 Å². The average molecular weight is 190 g/mol. The summed E-state index contributed by atoms with van der Waals surface area (Å²) < 4.78 is 0. The first-order chi connectivity index (χ1) is 6.58. The van der Waals surface area contributed by atoms with Crippen LogP contribution in [0.15, 0.2) is 18.3 Å². The first kappa shape index (κ1) is 9.50. The number of nitrogens with one attached hydrogen (secondary N) is 1. The molecule has 0 aromatic carbocycles. The van der Waals surface area contributed by atoms with Crippen LogP contribution in [0.4, 0.5) is 5.69 Å². The molecule has 0 bridgehead atoms. The van der Waals surface area contributed by atoms with E-state index in [0.717, 1.165) is 5.69 Å². The highest BCUT2D eigenvalue weighted by molar-refractivity contribution is 5.44. The predicted octanol–water partition coefficient (Wildman–Crippen LogP) is 2.99. The second kappa shape index (κ2) is 3.26. The number of rotatable bonds is 2. The van der Waals surface area contributed by atoms with Crippen molar-refractivity contribution in [1.82, 2.24) is 4.98 Å². The van der Waals surface area contributed by atoms with Gasteiger partial charge < -0.3 is 5.32 Å². The van der Waals surface area contributed by atoms with Crippen LogP contribution < -0.4 is 5.32 Å². The van der Waals surface area contributed by atoms with Crippen molar-refractivity contribution in [3.05, 3.63) is 24.0 Å². The number of nitrogens with zero attached hydrogens (tertiary/aromatic N) is 1. The van der Waals surface area contributed by atoms with E-state index in [1.165, 1.54) is 18.5 Å². The van der Waals surface area contributed by atoms with Crippen LogP contribution in [0.5, 0.6) is 0 Å². The zero-order chi connectivity index (χ0) is 10.2. The third kappa shape index (κ3) is 1.74. The molecular weight excluding hydrogens is 172 g/mol. The summed E-state index contributed by atoms with van der Waals surface area (Å²) >= 11 is 0. The lowest BCUT2D eigenvalue weighted by atomic mass is 9.67. The van der Waals surface area contributed by atoms with E-state index in [0.29, 0.717) is 11.5 Å². The third-order valence-corrected chi connectivity index (χ3v) is 3.26. The SMILES string of the molecule is Cc1cc(NC2CCC2(C)C)ccn1. The Morgan fingerprint density at radius 3 is 2.79 bits per heavy atom. The van der Waals surface area contributed by atoms with Gasteiger partial charge in [0, 0.05) is 23.6 Å². The Morgan fingerprint density at radius 2 is 2.29 bits per heavy atom. The van der Waals surface area contributed by atoms with E-state index in [1.807, 2.05) is 19.2 Å². The summed E-state index contributed by atoms with van der Waals surface area (Å²) in [6, 6.07) is 4.78. The molecule has 0 saturated heterocycles. The maximum Gasteiger partial charge on any atom is 0.0393 e. The molecule has 0 aliphatic heterocycles. The van der Waals surface area contributed by atoms with Crippen LogP contribution in [0.1, 0.15) is 32.4 Å². The molecule has 0 spiro atoms. The molecule has 1 unspecified atom stereocenters. The Kier molecular flexibility index (Phi) is 2.22. The molecule has 1 aromatic heterocycles.